The van der Waals surface area contributed by atoms with E-state index in [-0.39, 0.29) is 0 Å². The Bertz CT molecular complexity index is 634. The van der Waals surface area contributed by atoms with Gasteiger partial charge in [-0.2, -0.15) is 0 Å². The van der Waals surface area contributed by atoms with Crippen molar-refractivity contribution in [3.05, 3.63) is 35.0 Å². The molecule has 1 aliphatic rings. The van der Waals surface area contributed by atoms with E-state index in [9.17, 15) is 0 Å². The van der Waals surface area contributed by atoms with Crippen LogP contribution in [-0.2, 0) is 19.4 Å². The number of nitrogens with zero attached hydrogens (tertiary/aromatic N) is 1. The zero-order chi connectivity index (χ0) is 14.1. The summed E-state index contributed by atoms with van der Waals surface area (Å²) in [7, 11) is 1.72. The van der Waals surface area contributed by atoms with Crippen molar-refractivity contribution in [1.82, 2.24) is 10.3 Å². The molecular formula is C17H22N2O. The molecule has 0 bridgehead atoms. The average molecular weight is 270 g/mol. The third-order valence-electron chi connectivity index (χ3n) is 4.02. The van der Waals surface area contributed by atoms with Crippen LogP contribution in [0.15, 0.2) is 18.2 Å². The maximum absolute atomic E-state index is 5.37. The number of hydrogen-bond donors (Lipinski definition) is 1. The van der Waals surface area contributed by atoms with Crippen molar-refractivity contribution in [2.24, 2.45) is 0 Å². The molecule has 1 aromatic heterocycles. The summed E-state index contributed by atoms with van der Waals surface area (Å²) in [6.45, 7) is 5.28. The fraction of sp³-hybridized carbons (Fsp3) is 0.471. The summed E-state index contributed by atoms with van der Waals surface area (Å²) < 4.78 is 5.37. The highest BCUT2D eigenvalue weighted by atomic mass is 16.5. The van der Waals surface area contributed by atoms with Crippen LogP contribution < -0.4 is 10.1 Å². The maximum Gasteiger partial charge on any atom is 0.119 e. The molecule has 0 radical (unpaired) electrons. The summed E-state index contributed by atoms with van der Waals surface area (Å²) in [6.07, 6.45) is 3.50. The number of rotatable bonds is 4. The van der Waals surface area contributed by atoms with Gasteiger partial charge < -0.3 is 10.1 Å². The van der Waals surface area contributed by atoms with Crippen LogP contribution in [0, 0.1) is 0 Å². The minimum Gasteiger partial charge on any atom is -0.497 e. The number of benzene rings is 1. The zero-order valence-electron chi connectivity index (χ0n) is 12.5. The molecule has 0 saturated heterocycles. The summed E-state index contributed by atoms with van der Waals surface area (Å²) in [5.74, 6) is 0.906. The number of ether oxygens (including phenoxy) is 1. The van der Waals surface area contributed by atoms with Crippen LogP contribution in [-0.4, -0.2) is 18.1 Å². The fourth-order valence-electron chi connectivity index (χ4n) is 2.97. The summed E-state index contributed by atoms with van der Waals surface area (Å²) in [6, 6.07) is 6.68. The Labute approximate surface area is 120 Å². The zero-order valence-corrected chi connectivity index (χ0v) is 12.5. The molecule has 0 spiro atoms. The molecule has 0 amide bonds. The quantitative estimate of drug-likeness (QED) is 0.926. The SMILES string of the molecule is COc1ccc2nc3c(c(CNC(C)C)c2c1)CCC3. The predicted octanol–water partition coefficient (Wildman–Crippen LogP) is 3.23. The highest BCUT2D eigenvalue weighted by Crippen LogP contribution is 2.31. The first kappa shape index (κ1) is 13.4. The first-order chi connectivity index (χ1) is 9.69. The van der Waals surface area contributed by atoms with Crippen LogP contribution in [0.5, 0.6) is 5.75 Å². The van der Waals surface area contributed by atoms with Crippen LogP contribution in [0.2, 0.25) is 0 Å². The van der Waals surface area contributed by atoms with Crippen molar-refractivity contribution in [2.45, 2.75) is 45.7 Å². The molecule has 20 heavy (non-hydrogen) atoms. The third-order valence-corrected chi connectivity index (χ3v) is 4.02. The summed E-state index contributed by atoms with van der Waals surface area (Å²) >= 11 is 0. The lowest BCUT2D eigenvalue weighted by molar-refractivity contribution is 0.415. The summed E-state index contributed by atoms with van der Waals surface area (Å²) in [5.41, 5.74) is 5.25. The molecule has 0 saturated carbocycles. The van der Waals surface area contributed by atoms with Crippen molar-refractivity contribution in [3.63, 3.8) is 0 Å². The Hall–Kier alpha value is -1.61. The normalized spacial score (nSPS) is 14.0. The van der Waals surface area contributed by atoms with E-state index in [2.05, 4.69) is 31.3 Å². The first-order valence-electron chi connectivity index (χ1n) is 7.41. The van der Waals surface area contributed by atoms with E-state index in [0.29, 0.717) is 6.04 Å². The molecule has 1 N–H and O–H groups in total. The van der Waals surface area contributed by atoms with E-state index in [4.69, 9.17) is 9.72 Å². The molecule has 2 aromatic rings. The number of fused-ring (bicyclic) bond motifs is 2. The average Bonchev–Trinajstić information content (AvgIpc) is 2.90. The first-order valence-corrected chi connectivity index (χ1v) is 7.41. The number of nitrogens with one attached hydrogen (secondary N) is 1. The fourth-order valence-corrected chi connectivity index (χ4v) is 2.97. The molecule has 0 atom stereocenters. The van der Waals surface area contributed by atoms with Crippen LogP contribution in [0.1, 0.15) is 37.1 Å². The molecule has 1 aromatic carbocycles. The van der Waals surface area contributed by atoms with Gasteiger partial charge in [-0.15, -0.1) is 0 Å². The van der Waals surface area contributed by atoms with E-state index in [1.54, 1.807) is 7.11 Å². The molecular weight excluding hydrogens is 248 g/mol. The monoisotopic (exact) mass is 270 g/mol. The minimum absolute atomic E-state index is 0.487. The van der Waals surface area contributed by atoms with E-state index < -0.39 is 0 Å². The second-order valence-electron chi connectivity index (χ2n) is 5.79. The minimum atomic E-state index is 0.487. The van der Waals surface area contributed by atoms with Crippen LogP contribution >= 0.6 is 0 Å². The Morgan fingerprint density at radius 1 is 1.30 bits per heavy atom. The van der Waals surface area contributed by atoms with E-state index in [0.717, 1.165) is 30.7 Å². The van der Waals surface area contributed by atoms with Gasteiger partial charge in [0.15, 0.2) is 0 Å². The van der Waals surface area contributed by atoms with Gasteiger partial charge >= 0.3 is 0 Å². The summed E-state index contributed by atoms with van der Waals surface area (Å²) in [4.78, 5) is 4.84. The van der Waals surface area contributed by atoms with Gasteiger partial charge in [-0.1, -0.05) is 13.8 Å². The lowest BCUT2D eigenvalue weighted by atomic mass is 10.0. The largest absolute Gasteiger partial charge is 0.497 e. The third kappa shape index (κ3) is 2.38. The van der Waals surface area contributed by atoms with E-state index >= 15 is 0 Å². The van der Waals surface area contributed by atoms with Gasteiger partial charge in [0.05, 0.1) is 12.6 Å². The molecule has 3 nitrogen and oxygen atoms in total. The van der Waals surface area contributed by atoms with Gasteiger partial charge in [0.25, 0.3) is 0 Å². The van der Waals surface area contributed by atoms with Crippen LogP contribution in [0.3, 0.4) is 0 Å². The Kier molecular flexibility index (Phi) is 3.62. The van der Waals surface area contributed by atoms with Crippen molar-refractivity contribution < 1.29 is 4.74 Å². The smallest absolute Gasteiger partial charge is 0.119 e. The molecule has 3 rings (SSSR count). The molecule has 0 aliphatic heterocycles. The Morgan fingerprint density at radius 2 is 2.15 bits per heavy atom. The lowest BCUT2D eigenvalue weighted by Crippen LogP contribution is -2.23. The van der Waals surface area contributed by atoms with Gasteiger partial charge in [0.2, 0.25) is 0 Å². The number of aryl methyl sites for hydroxylation is 1. The van der Waals surface area contributed by atoms with E-state index in [1.807, 2.05) is 6.07 Å². The Morgan fingerprint density at radius 3 is 2.90 bits per heavy atom. The lowest BCUT2D eigenvalue weighted by Gasteiger charge is -2.15. The standard InChI is InChI=1S/C17H22N2O/c1-11(2)18-10-15-13-5-4-6-16(13)19-17-8-7-12(20-3)9-14(15)17/h7-9,11,18H,4-6,10H2,1-3H3. The van der Waals surface area contributed by atoms with Gasteiger partial charge in [0.1, 0.15) is 5.75 Å². The number of methoxy groups -OCH3 is 1. The molecule has 0 unspecified atom stereocenters. The number of pyridine rings is 1. The highest BCUT2D eigenvalue weighted by Gasteiger charge is 2.19. The molecule has 0 fully saturated rings. The second-order valence-corrected chi connectivity index (χ2v) is 5.79. The maximum atomic E-state index is 5.37. The molecule has 106 valence electrons. The highest BCUT2D eigenvalue weighted by molar-refractivity contribution is 5.85. The van der Waals surface area contributed by atoms with Gasteiger partial charge in [-0.25, -0.2) is 0 Å². The molecule has 3 heteroatoms. The van der Waals surface area contributed by atoms with Crippen molar-refractivity contribution in [1.29, 1.82) is 0 Å². The second kappa shape index (κ2) is 5.41. The van der Waals surface area contributed by atoms with Crippen molar-refractivity contribution in [3.8, 4) is 5.75 Å². The van der Waals surface area contributed by atoms with E-state index in [1.165, 1.54) is 28.6 Å². The topological polar surface area (TPSA) is 34.1 Å². The Balaban J connectivity index is 2.15. The van der Waals surface area contributed by atoms with Gasteiger partial charge in [-0.05, 0) is 48.6 Å². The molecule has 1 heterocycles. The van der Waals surface area contributed by atoms with Crippen molar-refractivity contribution in [2.75, 3.05) is 7.11 Å². The predicted molar refractivity (Wildman–Crippen MR) is 82.3 cm³/mol. The van der Waals surface area contributed by atoms with Crippen LogP contribution in [0.4, 0.5) is 0 Å². The van der Waals surface area contributed by atoms with Gasteiger partial charge in [-0.3, -0.25) is 4.98 Å². The summed E-state index contributed by atoms with van der Waals surface area (Å²) in [5, 5.41) is 4.79. The number of aromatic nitrogens is 1. The van der Waals surface area contributed by atoms with Crippen LogP contribution in [0.25, 0.3) is 10.9 Å². The number of hydrogen-bond acceptors (Lipinski definition) is 3. The molecule has 1 aliphatic carbocycles. The van der Waals surface area contributed by atoms with Gasteiger partial charge in [0, 0.05) is 23.7 Å². The van der Waals surface area contributed by atoms with Crippen molar-refractivity contribution >= 4 is 10.9 Å².